The molecule has 0 radical (unpaired) electrons. The Kier molecular flexibility index (Phi) is 3.73. The molecular formula is C12H17N3O4. The van der Waals surface area contributed by atoms with Crippen LogP contribution in [0, 0.1) is 18.8 Å². The van der Waals surface area contributed by atoms with Gasteiger partial charge < -0.3 is 19.8 Å². The SMILES string of the molecule is Cc1cc(CNC(=O)N2C[C@@H](C)[C@H](C(=O)O)C2)on1. The number of aromatic nitrogens is 1. The zero-order chi connectivity index (χ0) is 14.0. The minimum atomic E-state index is -0.853. The third kappa shape index (κ3) is 3.04. The number of aryl methyl sites for hydroxylation is 1. The van der Waals surface area contributed by atoms with Gasteiger partial charge in [0.1, 0.15) is 0 Å². The predicted octanol–water partition coefficient (Wildman–Crippen LogP) is 0.845. The van der Waals surface area contributed by atoms with E-state index >= 15 is 0 Å². The Labute approximate surface area is 110 Å². The Hall–Kier alpha value is -2.05. The van der Waals surface area contributed by atoms with Crippen LogP contribution in [-0.4, -0.2) is 40.3 Å². The molecule has 7 nitrogen and oxygen atoms in total. The number of nitrogens with zero attached hydrogens (tertiary/aromatic N) is 2. The van der Waals surface area contributed by atoms with Gasteiger partial charge in [0.05, 0.1) is 18.2 Å². The first-order valence-electron chi connectivity index (χ1n) is 6.15. The zero-order valence-electron chi connectivity index (χ0n) is 10.9. The van der Waals surface area contributed by atoms with E-state index in [1.54, 1.807) is 13.0 Å². The van der Waals surface area contributed by atoms with Crippen LogP contribution in [0.1, 0.15) is 18.4 Å². The Morgan fingerprint density at radius 2 is 2.32 bits per heavy atom. The summed E-state index contributed by atoms with van der Waals surface area (Å²) in [5, 5.41) is 15.4. The van der Waals surface area contributed by atoms with Gasteiger partial charge in [-0.3, -0.25) is 4.79 Å². The molecule has 0 unspecified atom stereocenters. The summed E-state index contributed by atoms with van der Waals surface area (Å²) in [6, 6.07) is 1.47. The summed E-state index contributed by atoms with van der Waals surface area (Å²) < 4.78 is 4.98. The van der Waals surface area contributed by atoms with E-state index in [0.717, 1.165) is 5.69 Å². The molecule has 2 atom stereocenters. The number of nitrogens with one attached hydrogen (secondary N) is 1. The molecule has 1 aromatic heterocycles. The van der Waals surface area contributed by atoms with Crippen LogP contribution in [0.25, 0.3) is 0 Å². The first-order chi connectivity index (χ1) is 8.97. The van der Waals surface area contributed by atoms with E-state index in [4.69, 9.17) is 9.63 Å². The molecule has 0 bridgehead atoms. The lowest BCUT2D eigenvalue weighted by Crippen LogP contribution is -2.38. The van der Waals surface area contributed by atoms with Crippen molar-refractivity contribution >= 4 is 12.0 Å². The van der Waals surface area contributed by atoms with Crippen LogP contribution < -0.4 is 5.32 Å². The maximum atomic E-state index is 11.9. The number of urea groups is 1. The quantitative estimate of drug-likeness (QED) is 0.846. The summed E-state index contributed by atoms with van der Waals surface area (Å²) in [5.74, 6) is -0.796. The third-order valence-corrected chi connectivity index (χ3v) is 3.31. The number of carboxylic acids is 1. The number of hydrogen-bond donors (Lipinski definition) is 2. The van der Waals surface area contributed by atoms with Crippen LogP contribution in [0.4, 0.5) is 4.79 Å². The molecule has 1 fully saturated rings. The highest BCUT2D eigenvalue weighted by Crippen LogP contribution is 2.23. The van der Waals surface area contributed by atoms with Gasteiger partial charge in [0, 0.05) is 19.2 Å². The lowest BCUT2D eigenvalue weighted by Gasteiger charge is -2.16. The van der Waals surface area contributed by atoms with E-state index in [-0.39, 0.29) is 25.0 Å². The highest BCUT2D eigenvalue weighted by atomic mass is 16.5. The van der Waals surface area contributed by atoms with Gasteiger partial charge in [-0.1, -0.05) is 12.1 Å². The second-order valence-corrected chi connectivity index (χ2v) is 4.92. The fourth-order valence-corrected chi connectivity index (χ4v) is 2.23. The standard InChI is InChI=1S/C12H17N3O4/c1-7-5-15(6-10(7)11(16)17)12(18)13-4-9-3-8(2)14-19-9/h3,7,10H,4-6H2,1-2H3,(H,13,18)(H,16,17)/t7-,10-/m1/s1. The Morgan fingerprint density at radius 3 is 2.84 bits per heavy atom. The number of carbonyl (C=O) groups is 2. The maximum Gasteiger partial charge on any atom is 0.317 e. The van der Waals surface area contributed by atoms with Crippen molar-refractivity contribution in [3.8, 4) is 0 Å². The molecule has 1 saturated heterocycles. The van der Waals surface area contributed by atoms with Crippen molar-refractivity contribution in [2.75, 3.05) is 13.1 Å². The third-order valence-electron chi connectivity index (χ3n) is 3.31. The molecule has 104 valence electrons. The first-order valence-corrected chi connectivity index (χ1v) is 6.15. The van der Waals surface area contributed by atoms with Gasteiger partial charge in [-0.25, -0.2) is 4.79 Å². The number of amides is 2. The topological polar surface area (TPSA) is 95.7 Å². The number of carboxylic acid groups (broad SMARTS) is 1. The van der Waals surface area contributed by atoms with E-state index in [0.29, 0.717) is 12.3 Å². The summed E-state index contributed by atoms with van der Waals surface area (Å²) >= 11 is 0. The smallest absolute Gasteiger partial charge is 0.317 e. The Bertz CT molecular complexity index is 485. The number of aliphatic carboxylic acids is 1. The van der Waals surface area contributed by atoms with Crippen molar-refractivity contribution in [2.45, 2.75) is 20.4 Å². The molecule has 2 N–H and O–H groups in total. The summed E-state index contributed by atoms with van der Waals surface area (Å²) in [6.45, 7) is 4.60. The van der Waals surface area contributed by atoms with Crippen molar-refractivity contribution in [3.63, 3.8) is 0 Å². The van der Waals surface area contributed by atoms with Gasteiger partial charge in [0.2, 0.25) is 0 Å². The largest absolute Gasteiger partial charge is 0.481 e. The first kappa shape index (κ1) is 13.4. The molecule has 0 aliphatic carbocycles. The van der Waals surface area contributed by atoms with E-state index < -0.39 is 11.9 Å². The average molecular weight is 267 g/mol. The normalized spacial score (nSPS) is 22.5. The predicted molar refractivity (Wildman–Crippen MR) is 65.3 cm³/mol. The molecule has 7 heteroatoms. The Balaban J connectivity index is 1.86. The van der Waals surface area contributed by atoms with Crippen molar-refractivity contribution in [1.29, 1.82) is 0 Å². The van der Waals surface area contributed by atoms with Crippen molar-refractivity contribution in [2.24, 2.45) is 11.8 Å². The molecule has 1 aliphatic rings. The van der Waals surface area contributed by atoms with Gasteiger partial charge in [0.25, 0.3) is 0 Å². The second-order valence-electron chi connectivity index (χ2n) is 4.92. The van der Waals surface area contributed by atoms with E-state index in [1.165, 1.54) is 4.90 Å². The molecule has 0 spiro atoms. The van der Waals surface area contributed by atoms with Gasteiger partial charge in [-0.2, -0.15) is 0 Å². The van der Waals surface area contributed by atoms with Gasteiger partial charge in [-0.05, 0) is 12.8 Å². The number of likely N-dealkylation sites (tertiary alicyclic amines) is 1. The number of carbonyl (C=O) groups excluding carboxylic acids is 1. The molecule has 2 amide bonds. The van der Waals surface area contributed by atoms with Crippen LogP contribution in [0.15, 0.2) is 10.6 Å². The Morgan fingerprint density at radius 1 is 1.58 bits per heavy atom. The zero-order valence-corrected chi connectivity index (χ0v) is 10.9. The fraction of sp³-hybridized carbons (Fsp3) is 0.583. The van der Waals surface area contributed by atoms with Crippen LogP contribution in [0.3, 0.4) is 0 Å². The second kappa shape index (κ2) is 5.29. The summed E-state index contributed by atoms with van der Waals surface area (Å²) in [5.41, 5.74) is 0.755. The molecule has 0 aromatic carbocycles. The van der Waals surface area contributed by atoms with Crippen molar-refractivity contribution < 1.29 is 19.2 Å². The van der Waals surface area contributed by atoms with E-state index in [9.17, 15) is 9.59 Å². The van der Waals surface area contributed by atoms with Crippen LogP contribution in [0.2, 0.25) is 0 Å². The highest BCUT2D eigenvalue weighted by molar-refractivity contribution is 5.77. The number of hydrogen-bond acceptors (Lipinski definition) is 4. The van der Waals surface area contributed by atoms with Crippen molar-refractivity contribution in [1.82, 2.24) is 15.4 Å². The molecule has 1 aliphatic heterocycles. The minimum absolute atomic E-state index is 0.0317. The maximum absolute atomic E-state index is 11.9. The van der Waals surface area contributed by atoms with Crippen LogP contribution in [-0.2, 0) is 11.3 Å². The molecule has 1 aromatic rings. The lowest BCUT2D eigenvalue weighted by molar-refractivity contribution is -0.142. The highest BCUT2D eigenvalue weighted by Gasteiger charge is 2.36. The average Bonchev–Trinajstić information content (AvgIpc) is 2.92. The monoisotopic (exact) mass is 267 g/mol. The van der Waals surface area contributed by atoms with Crippen LogP contribution >= 0.6 is 0 Å². The summed E-state index contributed by atoms with van der Waals surface area (Å²) in [7, 11) is 0. The number of rotatable bonds is 3. The summed E-state index contributed by atoms with van der Waals surface area (Å²) in [4.78, 5) is 24.4. The molecule has 0 saturated carbocycles. The lowest BCUT2D eigenvalue weighted by atomic mass is 9.99. The minimum Gasteiger partial charge on any atom is -0.481 e. The van der Waals surface area contributed by atoms with Gasteiger partial charge >= 0.3 is 12.0 Å². The van der Waals surface area contributed by atoms with Gasteiger partial charge in [0.15, 0.2) is 5.76 Å². The molecule has 2 heterocycles. The molecule has 2 rings (SSSR count). The fourth-order valence-electron chi connectivity index (χ4n) is 2.23. The van der Waals surface area contributed by atoms with Gasteiger partial charge in [-0.15, -0.1) is 0 Å². The van der Waals surface area contributed by atoms with E-state index in [1.807, 2.05) is 6.92 Å². The van der Waals surface area contributed by atoms with Crippen molar-refractivity contribution in [3.05, 3.63) is 17.5 Å². The summed E-state index contributed by atoms with van der Waals surface area (Å²) in [6.07, 6.45) is 0. The van der Waals surface area contributed by atoms with Crippen LogP contribution in [0.5, 0.6) is 0 Å². The molecular weight excluding hydrogens is 250 g/mol. The molecule has 19 heavy (non-hydrogen) atoms. The van der Waals surface area contributed by atoms with E-state index in [2.05, 4.69) is 10.5 Å².